The molecular formula is C16H30N2S. The summed E-state index contributed by atoms with van der Waals surface area (Å²) in [4.78, 5) is 0. The highest BCUT2D eigenvalue weighted by molar-refractivity contribution is 7.11. The minimum atomic E-state index is 1.10. The number of aryl methyl sites for hydroxylation is 2. The maximum Gasteiger partial charge on any atom is 0.117 e. The number of hydrogen-bond donors (Lipinski definition) is 0. The molecule has 1 rings (SSSR count). The predicted octanol–water partition coefficient (Wildman–Crippen LogP) is 5.70. The molecule has 0 bridgehead atoms. The van der Waals surface area contributed by atoms with Crippen molar-refractivity contribution in [2.45, 2.75) is 90.9 Å². The molecule has 0 saturated heterocycles. The maximum absolute atomic E-state index is 4.17. The lowest BCUT2D eigenvalue weighted by Crippen LogP contribution is -1.86. The molecule has 0 radical (unpaired) electrons. The third-order valence-corrected chi connectivity index (χ3v) is 4.46. The van der Waals surface area contributed by atoms with Crippen LogP contribution in [0.5, 0.6) is 0 Å². The van der Waals surface area contributed by atoms with Crippen molar-refractivity contribution in [3.8, 4) is 0 Å². The Morgan fingerprint density at radius 2 is 1.26 bits per heavy atom. The van der Waals surface area contributed by atoms with Crippen LogP contribution in [0, 0.1) is 6.92 Å². The van der Waals surface area contributed by atoms with E-state index in [0.717, 1.165) is 11.4 Å². The molecule has 0 N–H and O–H groups in total. The topological polar surface area (TPSA) is 25.8 Å². The molecule has 0 fully saturated rings. The minimum Gasteiger partial charge on any atom is -0.144 e. The highest BCUT2D eigenvalue weighted by Gasteiger charge is 1.99. The zero-order valence-corrected chi connectivity index (χ0v) is 13.6. The van der Waals surface area contributed by atoms with Crippen molar-refractivity contribution >= 4 is 11.3 Å². The molecular weight excluding hydrogens is 252 g/mol. The average Bonchev–Trinajstić information content (AvgIpc) is 2.82. The van der Waals surface area contributed by atoms with Crippen LogP contribution in [-0.2, 0) is 6.42 Å². The second-order valence-corrected chi connectivity index (χ2v) is 6.77. The van der Waals surface area contributed by atoms with Gasteiger partial charge in [-0.1, -0.05) is 71.1 Å². The van der Waals surface area contributed by atoms with Gasteiger partial charge in [-0.15, -0.1) is 21.5 Å². The number of rotatable bonds is 12. The summed E-state index contributed by atoms with van der Waals surface area (Å²) in [7, 11) is 0. The van der Waals surface area contributed by atoms with Crippen LogP contribution in [0.15, 0.2) is 0 Å². The van der Waals surface area contributed by atoms with Crippen LogP contribution >= 0.6 is 11.3 Å². The Morgan fingerprint density at radius 3 is 1.74 bits per heavy atom. The fourth-order valence-electron chi connectivity index (χ4n) is 2.38. The van der Waals surface area contributed by atoms with Crippen LogP contribution in [0.25, 0.3) is 0 Å². The van der Waals surface area contributed by atoms with E-state index in [0.29, 0.717) is 0 Å². The second kappa shape index (κ2) is 11.4. The Balaban J connectivity index is 1.79. The zero-order chi connectivity index (χ0) is 13.8. The van der Waals surface area contributed by atoms with E-state index in [4.69, 9.17) is 0 Å². The molecule has 0 saturated carbocycles. The standard InChI is InChI=1S/C16H30N2S/c1-3-4-5-6-7-8-9-10-11-12-13-14-16-18-17-15(2)19-16/h3-14H2,1-2H3. The molecule has 0 spiro atoms. The van der Waals surface area contributed by atoms with Gasteiger partial charge < -0.3 is 0 Å². The second-order valence-electron chi connectivity index (χ2n) is 5.50. The van der Waals surface area contributed by atoms with Crippen LogP contribution < -0.4 is 0 Å². The van der Waals surface area contributed by atoms with Crippen molar-refractivity contribution in [2.75, 3.05) is 0 Å². The van der Waals surface area contributed by atoms with E-state index >= 15 is 0 Å². The first kappa shape index (κ1) is 16.6. The Hall–Kier alpha value is -0.440. The van der Waals surface area contributed by atoms with Gasteiger partial charge in [0.2, 0.25) is 0 Å². The molecule has 0 amide bonds. The smallest absolute Gasteiger partial charge is 0.117 e. The minimum absolute atomic E-state index is 1.10. The fraction of sp³-hybridized carbons (Fsp3) is 0.875. The third kappa shape index (κ3) is 9.15. The van der Waals surface area contributed by atoms with Crippen molar-refractivity contribution in [3.63, 3.8) is 0 Å². The van der Waals surface area contributed by atoms with E-state index in [2.05, 4.69) is 17.1 Å². The Morgan fingerprint density at radius 1 is 0.737 bits per heavy atom. The summed E-state index contributed by atoms with van der Waals surface area (Å²) < 4.78 is 0. The number of aromatic nitrogens is 2. The number of hydrogen-bond acceptors (Lipinski definition) is 3. The number of unbranched alkanes of at least 4 members (excludes halogenated alkanes) is 10. The van der Waals surface area contributed by atoms with E-state index in [-0.39, 0.29) is 0 Å². The molecule has 0 unspecified atom stereocenters. The molecule has 0 atom stereocenters. The maximum atomic E-state index is 4.17. The van der Waals surface area contributed by atoms with E-state index in [1.54, 1.807) is 11.3 Å². The quantitative estimate of drug-likeness (QED) is 0.459. The van der Waals surface area contributed by atoms with Crippen LogP contribution in [0.3, 0.4) is 0 Å². The average molecular weight is 282 g/mol. The summed E-state index contributed by atoms with van der Waals surface area (Å²) in [5.41, 5.74) is 0. The van der Waals surface area contributed by atoms with Crippen molar-refractivity contribution in [1.82, 2.24) is 10.2 Å². The van der Waals surface area contributed by atoms with Crippen molar-refractivity contribution in [1.29, 1.82) is 0 Å². The van der Waals surface area contributed by atoms with Gasteiger partial charge in [-0.05, 0) is 13.3 Å². The SMILES string of the molecule is CCCCCCCCCCCCCc1nnc(C)s1. The molecule has 0 aliphatic carbocycles. The van der Waals surface area contributed by atoms with E-state index < -0.39 is 0 Å². The van der Waals surface area contributed by atoms with Gasteiger partial charge in [0.25, 0.3) is 0 Å². The first-order valence-corrected chi connectivity index (χ1v) is 8.93. The van der Waals surface area contributed by atoms with E-state index in [1.165, 1.54) is 75.6 Å². The molecule has 19 heavy (non-hydrogen) atoms. The summed E-state index contributed by atoms with van der Waals surface area (Å²) in [6, 6.07) is 0. The first-order valence-electron chi connectivity index (χ1n) is 8.12. The van der Waals surface area contributed by atoms with E-state index in [9.17, 15) is 0 Å². The lowest BCUT2D eigenvalue weighted by Gasteiger charge is -2.01. The zero-order valence-electron chi connectivity index (χ0n) is 12.8. The molecule has 0 aliphatic rings. The monoisotopic (exact) mass is 282 g/mol. The van der Waals surface area contributed by atoms with Crippen molar-refractivity contribution in [2.24, 2.45) is 0 Å². The molecule has 110 valence electrons. The third-order valence-electron chi connectivity index (χ3n) is 3.56. The first-order chi connectivity index (χ1) is 9.33. The molecule has 1 heterocycles. The van der Waals surface area contributed by atoms with Gasteiger partial charge in [0, 0.05) is 6.42 Å². The van der Waals surface area contributed by atoms with Gasteiger partial charge in [0.1, 0.15) is 10.0 Å². The van der Waals surface area contributed by atoms with E-state index in [1.807, 2.05) is 6.92 Å². The van der Waals surface area contributed by atoms with Crippen molar-refractivity contribution < 1.29 is 0 Å². The molecule has 0 aromatic carbocycles. The van der Waals surface area contributed by atoms with Gasteiger partial charge in [-0.25, -0.2) is 0 Å². The van der Waals surface area contributed by atoms with Crippen LogP contribution in [-0.4, -0.2) is 10.2 Å². The predicted molar refractivity (Wildman–Crippen MR) is 84.8 cm³/mol. The normalized spacial score (nSPS) is 11.1. The molecule has 3 heteroatoms. The summed E-state index contributed by atoms with van der Waals surface area (Å²) in [6.45, 7) is 4.31. The summed E-state index contributed by atoms with van der Waals surface area (Å²) >= 11 is 1.75. The van der Waals surface area contributed by atoms with Gasteiger partial charge in [0.15, 0.2) is 0 Å². The fourth-order valence-corrected chi connectivity index (χ4v) is 3.13. The van der Waals surface area contributed by atoms with Gasteiger partial charge in [0.05, 0.1) is 0 Å². The summed E-state index contributed by atoms with van der Waals surface area (Å²) in [6.07, 6.45) is 16.6. The van der Waals surface area contributed by atoms with Gasteiger partial charge >= 0.3 is 0 Å². The summed E-state index contributed by atoms with van der Waals surface area (Å²) in [5, 5.41) is 10.5. The lowest BCUT2D eigenvalue weighted by molar-refractivity contribution is 0.549. The molecule has 1 aromatic rings. The van der Waals surface area contributed by atoms with Crippen LogP contribution in [0.4, 0.5) is 0 Å². The molecule has 2 nitrogen and oxygen atoms in total. The van der Waals surface area contributed by atoms with Gasteiger partial charge in [-0.2, -0.15) is 0 Å². The largest absolute Gasteiger partial charge is 0.144 e. The van der Waals surface area contributed by atoms with Crippen LogP contribution in [0.1, 0.15) is 87.6 Å². The van der Waals surface area contributed by atoms with Crippen molar-refractivity contribution in [3.05, 3.63) is 10.0 Å². The Kier molecular flexibility index (Phi) is 9.96. The molecule has 1 aromatic heterocycles. The van der Waals surface area contributed by atoms with Gasteiger partial charge in [-0.3, -0.25) is 0 Å². The highest BCUT2D eigenvalue weighted by Crippen LogP contribution is 2.14. The Bertz CT molecular complexity index is 309. The molecule has 0 aliphatic heterocycles. The number of nitrogens with zero attached hydrogens (tertiary/aromatic N) is 2. The Labute approximate surface area is 123 Å². The van der Waals surface area contributed by atoms with Crippen LogP contribution in [0.2, 0.25) is 0 Å². The lowest BCUT2D eigenvalue weighted by atomic mass is 10.1. The summed E-state index contributed by atoms with van der Waals surface area (Å²) in [5.74, 6) is 0. The highest BCUT2D eigenvalue weighted by atomic mass is 32.1.